The third-order valence-electron chi connectivity index (χ3n) is 3.42. The van der Waals surface area contributed by atoms with Crippen LogP contribution in [-0.2, 0) is 11.2 Å². The van der Waals surface area contributed by atoms with Gasteiger partial charge in [0, 0.05) is 17.6 Å². The Labute approximate surface area is 162 Å². The van der Waals surface area contributed by atoms with Crippen molar-refractivity contribution >= 4 is 29.1 Å². The summed E-state index contributed by atoms with van der Waals surface area (Å²) in [4.78, 5) is 11.3. The third-order valence-corrected chi connectivity index (χ3v) is 3.97. The standard InChI is InChI=1S/C19H18Cl2N2O3/c20-15-5-6-16(21)18(13-15)26-12-11-25-17-4-2-1-3-14(17)8-10-23-19(24)7-9-22/h1-6,13H,7-8,10-12H2,(H,23,24). The molecule has 2 aromatic rings. The number of carbonyl (C=O) groups excluding carboxylic acids is 1. The summed E-state index contributed by atoms with van der Waals surface area (Å²) in [5, 5.41) is 12.2. The molecule has 0 aliphatic heterocycles. The van der Waals surface area contributed by atoms with Crippen molar-refractivity contribution in [3.05, 3.63) is 58.1 Å². The number of hydrogen-bond acceptors (Lipinski definition) is 4. The molecule has 0 atom stereocenters. The Hall–Kier alpha value is -2.42. The van der Waals surface area contributed by atoms with Crippen molar-refractivity contribution in [3.8, 4) is 17.6 Å². The van der Waals surface area contributed by atoms with E-state index in [1.165, 1.54) is 0 Å². The molecule has 0 saturated heterocycles. The number of ether oxygens (including phenoxy) is 2. The molecule has 0 aliphatic carbocycles. The number of rotatable bonds is 9. The average Bonchev–Trinajstić information content (AvgIpc) is 2.63. The van der Waals surface area contributed by atoms with E-state index in [0.29, 0.717) is 42.0 Å². The molecule has 7 heteroatoms. The lowest BCUT2D eigenvalue weighted by atomic mass is 10.1. The Bertz CT molecular complexity index is 791. The van der Waals surface area contributed by atoms with Gasteiger partial charge in [0.2, 0.25) is 5.91 Å². The van der Waals surface area contributed by atoms with Crippen molar-refractivity contribution in [2.24, 2.45) is 0 Å². The second-order valence-electron chi connectivity index (χ2n) is 5.31. The van der Waals surface area contributed by atoms with Crippen LogP contribution in [0.1, 0.15) is 12.0 Å². The van der Waals surface area contributed by atoms with E-state index in [1.54, 1.807) is 18.2 Å². The summed E-state index contributed by atoms with van der Waals surface area (Å²) < 4.78 is 11.4. The number of halogens is 2. The van der Waals surface area contributed by atoms with Crippen molar-refractivity contribution in [3.63, 3.8) is 0 Å². The third kappa shape index (κ3) is 6.47. The van der Waals surface area contributed by atoms with Gasteiger partial charge in [-0.2, -0.15) is 5.26 Å². The molecule has 0 aromatic heterocycles. The number of para-hydroxylation sites is 1. The number of amides is 1. The largest absolute Gasteiger partial charge is 0.490 e. The van der Waals surface area contributed by atoms with Crippen molar-refractivity contribution in [1.29, 1.82) is 5.26 Å². The fourth-order valence-electron chi connectivity index (χ4n) is 2.21. The quantitative estimate of drug-likeness (QED) is 0.654. The van der Waals surface area contributed by atoms with Crippen LogP contribution in [0.25, 0.3) is 0 Å². The summed E-state index contributed by atoms with van der Waals surface area (Å²) in [6.07, 6.45) is 0.468. The summed E-state index contributed by atoms with van der Waals surface area (Å²) in [5.74, 6) is 0.955. The highest BCUT2D eigenvalue weighted by molar-refractivity contribution is 6.34. The summed E-state index contributed by atoms with van der Waals surface area (Å²) >= 11 is 12.0. The predicted molar refractivity (Wildman–Crippen MR) is 101 cm³/mol. The van der Waals surface area contributed by atoms with Crippen molar-refractivity contribution in [2.75, 3.05) is 19.8 Å². The van der Waals surface area contributed by atoms with Crippen LogP contribution in [0.15, 0.2) is 42.5 Å². The second-order valence-corrected chi connectivity index (χ2v) is 6.16. The highest BCUT2D eigenvalue weighted by atomic mass is 35.5. The normalized spacial score (nSPS) is 10.0. The fourth-order valence-corrected chi connectivity index (χ4v) is 2.55. The van der Waals surface area contributed by atoms with E-state index in [2.05, 4.69) is 5.32 Å². The molecule has 0 aliphatic rings. The van der Waals surface area contributed by atoms with Gasteiger partial charge in [0.15, 0.2) is 0 Å². The van der Waals surface area contributed by atoms with Crippen LogP contribution in [-0.4, -0.2) is 25.7 Å². The molecule has 0 saturated carbocycles. The van der Waals surface area contributed by atoms with Gasteiger partial charge in [0.1, 0.15) is 31.1 Å². The molecular formula is C19H18Cl2N2O3. The van der Waals surface area contributed by atoms with Gasteiger partial charge < -0.3 is 14.8 Å². The first-order valence-corrected chi connectivity index (χ1v) is 8.78. The lowest BCUT2D eigenvalue weighted by Crippen LogP contribution is -2.25. The number of nitrogens with zero attached hydrogens (tertiary/aromatic N) is 1. The molecule has 2 rings (SSSR count). The molecule has 1 N–H and O–H groups in total. The van der Waals surface area contributed by atoms with Crippen LogP contribution in [0.5, 0.6) is 11.5 Å². The zero-order valence-electron chi connectivity index (χ0n) is 14.0. The van der Waals surface area contributed by atoms with Crippen LogP contribution in [0.2, 0.25) is 10.0 Å². The van der Waals surface area contributed by atoms with Crippen molar-refractivity contribution < 1.29 is 14.3 Å². The topological polar surface area (TPSA) is 71.4 Å². The minimum Gasteiger partial charge on any atom is -0.490 e. The first-order chi connectivity index (χ1) is 12.6. The molecule has 136 valence electrons. The first-order valence-electron chi connectivity index (χ1n) is 8.02. The molecule has 0 bridgehead atoms. The number of benzene rings is 2. The van der Waals surface area contributed by atoms with E-state index >= 15 is 0 Å². The van der Waals surface area contributed by atoms with Gasteiger partial charge in [-0.1, -0.05) is 41.4 Å². The molecule has 0 spiro atoms. The second kappa shape index (κ2) is 10.5. The molecule has 5 nitrogen and oxygen atoms in total. The fraction of sp³-hybridized carbons (Fsp3) is 0.263. The Kier molecular flexibility index (Phi) is 8.07. The van der Waals surface area contributed by atoms with Crippen LogP contribution in [0.3, 0.4) is 0 Å². The van der Waals surface area contributed by atoms with Gasteiger partial charge >= 0.3 is 0 Å². The van der Waals surface area contributed by atoms with Crippen LogP contribution in [0.4, 0.5) is 0 Å². The van der Waals surface area contributed by atoms with E-state index in [0.717, 1.165) is 11.3 Å². The van der Waals surface area contributed by atoms with Crippen LogP contribution in [0, 0.1) is 11.3 Å². The molecule has 1 amide bonds. The first kappa shape index (κ1) is 19.9. The van der Waals surface area contributed by atoms with E-state index in [-0.39, 0.29) is 12.3 Å². The van der Waals surface area contributed by atoms with Crippen LogP contribution < -0.4 is 14.8 Å². The smallest absolute Gasteiger partial charge is 0.234 e. The molecule has 26 heavy (non-hydrogen) atoms. The molecule has 2 aromatic carbocycles. The van der Waals surface area contributed by atoms with Gasteiger partial charge in [0.05, 0.1) is 11.1 Å². The highest BCUT2D eigenvalue weighted by Crippen LogP contribution is 2.27. The maximum absolute atomic E-state index is 11.3. The Morgan fingerprint density at radius 1 is 1.08 bits per heavy atom. The van der Waals surface area contributed by atoms with Gasteiger partial charge in [-0.3, -0.25) is 4.79 Å². The number of nitriles is 1. The summed E-state index contributed by atoms with van der Waals surface area (Å²) in [5.41, 5.74) is 0.963. The number of carbonyl (C=O) groups is 1. The summed E-state index contributed by atoms with van der Waals surface area (Å²) in [6, 6.07) is 14.4. The lowest BCUT2D eigenvalue weighted by Gasteiger charge is -2.13. The minimum atomic E-state index is -0.280. The molecule has 0 unspecified atom stereocenters. The van der Waals surface area contributed by atoms with E-state index in [9.17, 15) is 4.79 Å². The van der Waals surface area contributed by atoms with Gasteiger partial charge in [-0.15, -0.1) is 0 Å². The maximum atomic E-state index is 11.3. The number of hydrogen-bond donors (Lipinski definition) is 1. The molecule has 0 radical (unpaired) electrons. The maximum Gasteiger partial charge on any atom is 0.234 e. The Morgan fingerprint density at radius 3 is 2.58 bits per heavy atom. The van der Waals surface area contributed by atoms with Crippen molar-refractivity contribution in [2.45, 2.75) is 12.8 Å². The Morgan fingerprint density at radius 2 is 1.81 bits per heavy atom. The zero-order valence-corrected chi connectivity index (χ0v) is 15.5. The van der Waals surface area contributed by atoms with Crippen molar-refractivity contribution in [1.82, 2.24) is 5.32 Å². The van der Waals surface area contributed by atoms with E-state index < -0.39 is 0 Å². The van der Waals surface area contributed by atoms with Gasteiger partial charge in [0.25, 0.3) is 0 Å². The minimum absolute atomic E-state index is 0.137. The molecular weight excluding hydrogens is 375 g/mol. The number of nitrogens with one attached hydrogen (secondary N) is 1. The van der Waals surface area contributed by atoms with E-state index in [1.807, 2.05) is 30.3 Å². The zero-order chi connectivity index (χ0) is 18.8. The summed E-state index contributed by atoms with van der Waals surface area (Å²) in [7, 11) is 0. The van der Waals surface area contributed by atoms with Gasteiger partial charge in [-0.25, -0.2) is 0 Å². The highest BCUT2D eigenvalue weighted by Gasteiger charge is 2.06. The van der Waals surface area contributed by atoms with E-state index in [4.69, 9.17) is 37.9 Å². The summed E-state index contributed by atoms with van der Waals surface area (Å²) in [6.45, 7) is 1.09. The SMILES string of the molecule is N#CCC(=O)NCCc1ccccc1OCCOc1cc(Cl)ccc1Cl. The monoisotopic (exact) mass is 392 g/mol. The average molecular weight is 393 g/mol. The predicted octanol–water partition coefficient (Wildman–Crippen LogP) is 4.02. The molecule has 0 heterocycles. The van der Waals surface area contributed by atoms with Crippen LogP contribution >= 0.6 is 23.2 Å². The Balaban J connectivity index is 1.81. The lowest BCUT2D eigenvalue weighted by molar-refractivity contribution is -0.120. The molecule has 0 fully saturated rings. The van der Waals surface area contributed by atoms with Gasteiger partial charge in [-0.05, 0) is 30.2 Å².